The van der Waals surface area contributed by atoms with Crippen molar-refractivity contribution >= 4 is 37.9 Å². The minimum Gasteiger partial charge on any atom is -0.0361 e. The zero-order chi connectivity index (χ0) is 35.2. The standard InChI is InChI=1S/C39H50FIN4O5/c1-26(2)45-22-29(21-42-45)33-20-31(6-7-34(33)40)44(36(47)28-9-17-41(18-10-28)50-37(48)43-23-32(46)24-43)25-38-11-14-39(15-12-38,16-13-38)30-5-8-35(49-4)27(3)19-30/h5-8,19-22,26,28,32,46H,9-18,23-25H2,1-4H3. The number of nitrogens with zero attached hydrogens (tertiary/aromatic N) is 4. The van der Waals surface area contributed by atoms with E-state index < -0.39 is 26.3 Å². The number of rotatable bonds is 9. The first-order valence-electron chi connectivity index (χ1n) is 18.1. The third kappa shape index (κ3) is 6.88. The number of carbonyl (C=O) groups excluding carboxylic acids is 2. The number of hydrogen-bond donors (Lipinski definition) is 1. The number of aliphatic hydroxyl groups is 1. The summed E-state index contributed by atoms with van der Waals surface area (Å²) in [5.74, 6) is 0.508. The molecule has 3 aromatic rings. The average Bonchev–Trinajstić information content (AvgIpc) is 3.61. The fraction of sp³-hybridized carbons (Fsp3) is 0.564. The molecule has 8 rings (SSSR count). The van der Waals surface area contributed by atoms with Crippen molar-refractivity contribution in [1.82, 2.24) is 14.7 Å². The number of benzene rings is 2. The van der Waals surface area contributed by atoms with Gasteiger partial charge in [0, 0.05) is 0 Å². The van der Waals surface area contributed by atoms with Gasteiger partial charge in [-0.05, 0) is 32.4 Å². The summed E-state index contributed by atoms with van der Waals surface area (Å²) in [6, 6.07) is 11.9. The van der Waals surface area contributed by atoms with Gasteiger partial charge in [-0.25, -0.2) is 0 Å². The molecule has 0 spiro atoms. The van der Waals surface area contributed by atoms with Gasteiger partial charge >= 0.3 is 254 Å². The number of amides is 2. The second-order valence-corrected chi connectivity index (χ2v) is 20.2. The van der Waals surface area contributed by atoms with E-state index in [0.29, 0.717) is 43.6 Å². The van der Waals surface area contributed by atoms with Crippen molar-refractivity contribution in [3.8, 4) is 16.9 Å². The van der Waals surface area contributed by atoms with Gasteiger partial charge < -0.3 is 4.74 Å². The van der Waals surface area contributed by atoms with Gasteiger partial charge in [0.2, 0.25) is 0 Å². The zero-order valence-electron chi connectivity index (χ0n) is 29.7. The molecule has 0 radical (unpaired) electrons. The smallest absolute Gasteiger partial charge is 0.0361 e. The summed E-state index contributed by atoms with van der Waals surface area (Å²) in [4.78, 5) is 30.7. The van der Waals surface area contributed by atoms with Crippen molar-refractivity contribution in [2.75, 3.05) is 40.5 Å². The number of aromatic nitrogens is 2. The normalized spacial score (nSPS) is 24.7. The van der Waals surface area contributed by atoms with E-state index in [2.05, 4.69) is 30.2 Å². The molecular formula is C39H50FIN4O5. The predicted octanol–water partition coefficient (Wildman–Crippen LogP) is 7.86. The van der Waals surface area contributed by atoms with E-state index in [9.17, 15) is 14.7 Å². The van der Waals surface area contributed by atoms with Crippen LogP contribution in [0.3, 0.4) is 0 Å². The fourth-order valence-electron chi connectivity index (χ4n) is 8.47. The molecule has 1 aromatic heterocycles. The van der Waals surface area contributed by atoms with Crippen LogP contribution in [-0.4, -0.2) is 73.5 Å². The molecule has 0 unspecified atom stereocenters. The number of anilines is 1. The van der Waals surface area contributed by atoms with Crippen LogP contribution in [0.2, 0.25) is 0 Å². The number of likely N-dealkylation sites (tertiary alicyclic amines) is 1. The van der Waals surface area contributed by atoms with Crippen LogP contribution in [0, 0.1) is 24.1 Å². The summed E-state index contributed by atoms with van der Waals surface area (Å²) in [7, 11) is 1.72. The van der Waals surface area contributed by atoms with Gasteiger partial charge in [-0.3, -0.25) is 0 Å². The fourth-order valence-corrected chi connectivity index (χ4v) is 13.2. The minimum atomic E-state index is -1.99. The van der Waals surface area contributed by atoms with Gasteiger partial charge in [-0.15, -0.1) is 0 Å². The molecule has 11 heteroatoms. The number of β-amino-alcohol motifs (C(OH)–C–C–N with tert-alkyl or cyclic N) is 1. The van der Waals surface area contributed by atoms with E-state index in [-0.39, 0.29) is 40.6 Å². The second-order valence-electron chi connectivity index (χ2n) is 15.3. The van der Waals surface area contributed by atoms with Gasteiger partial charge in [-0.1, -0.05) is 0 Å². The van der Waals surface area contributed by atoms with E-state index in [1.165, 1.54) is 11.6 Å². The number of ether oxygens (including phenoxy) is 1. The molecule has 0 atom stereocenters. The Balaban J connectivity index is 1.12. The summed E-state index contributed by atoms with van der Waals surface area (Å²) < 4.78 is 30.2. The Morgan fingerprint density at radius 2 is 1.76 bits per heavy atom. The third-order valence-electron chi connectivity index (χ3n) is 11.9. The van der Waals surface area contributed by atoms with Crippen LogP contribution in [0.5, 0.6) is 5.75 Å². The molecule has 1 N–H and O–H groups in total. The van der Waals surface area contributed by atoms with E-state index >= 15 is 4.39 Å². The molecule has 5 fully saturated rings. The Labute approximate surface area is 302 Å². The third-order valence-corrected chi connectivity index (χ3v) is 16.5. The van der Waals surface area contributed by atoms with Crippen LogP contribution >= 0.6 is 20.2 Å². The number of fused-ring (bicyclic) bond motifs is 3. The quantitative estimate of drug-likeness (QED) is 0.175. The van der Waals surface area contributed by atoms with Crippen molar-refractivity contribution < 1.29 is 26.9 Å². The van der Waals surface area contributed by atoms with Gasteiger partial charge in [0.05, 0.1) is 7.11 Å². The molecule has 5 aliphatic rings. The number of alkyl halides is 2. The molecule has 3 saturated carbocycles. The summed E-state index contributed by atoms with van der Waals surface area (Å²) in [6.07, 6.45) is 10.6. The van der Waals surface area contributed by atoms with Crippen LogP contribution in [0.4, 0.5) is 14.9 Å². The Hall–Kier alpha value is -3.19. The van der Waals surface area contributed by atoms with E-state index in [1.807, 2.05) is 35.7 Å². The van der Waals surface area contributed by atoms with Crippen LogP contribution < -0.4 is 9.64 Å². The van der Waals surface area contributed by atoms with Crippen molar-refractivity contribution in [3.63, 3.8) is 0 Å². The van der Waals surface area contributed by atoms with Crippen LogP contribution in [0.25, 0.3) is 11.1 Å². The molecule has 2 saturated heterocycles. The van der Waals surface area contributed by atoms with Crippen molar-refractivity contribution in [1.29, 1.82) is 0 Å². The van der Waals surface area contributed by atoms with Crippen LogP contribution in [0.15, 0.2) is 48.8 Å². The first kappa shape index (κ1) is 35.2. The zero-order valence-corrected chi connectivity index (χ0v) is 31.8. The topological polar surface area (TPSA) is 97.1 Å². The van der Waals surface area contributed by atoms with Gasteiger partial charge in [0.1, 0.15) is 5.75 Å². The van der Waals surface area contributed by atoms with E-state index in [1.54, 1.807) is 24.3 Å². The molecule has 2 bridgehead atoms. The SMILES string of the molecule is COc1ccc(C23CCC(CN(C(=O)C4CCI(OC(=O)N5CC(O)C5)CC4)c4ccc(F)c(-c5cnn(C(C)C)c5)c4)(CC2)CC3)cc1C. The molecule has 50 heavy (non-hydrogen) atoms. The Morgan fingerprint density at radius 3 is 2.36 bits per heavy atom. The number of hydrogen-bond acceptors (Lipinski definition) is 6. The molecule has 2 amide bonds. The van der Waals surface area contributed by atoms with Gasteiger partial charge in [0.15, 0.2) is 0 Å². The minimum absolute atomic E-state index is 0.000385. The van der Waals surface area contributed by atoms with Crippen molar-refractivity contribution in [2.24, 2.45) is 11.3 Å². The molecule has 2 aromatic carbocycles. The number of methoxy groups -OCH3 is 1. The molecule has 2 aliphatic heterocycles. The number of aryl methyl sites for hydroxylation is 1. The Morgan fingerprint density at radius 1 is 1.06 bits per heavy atom. The Bertz CT molecular complexity index is 1710. The molecule has 270 valence electrons. The summed E-state index contributed by atoms with van der Waals surface area (Å²) >= 11 is -1.99. The molecule has 3 heterocycles. The number of carbonyl (C=O) groups is 2. The predicted molar refractivity (Wildman–Crippen MR) is 200 cm³/mol. The number of halogens is 2. The summed E-state index contributed by atoms with van der Waals surface area (Å²) in [5, 5.41) is 14.0. The van der Waals surface area contributed by atoms with Crippen LogP contribution in [-0.2, 0) is 13.3 Å². The molecule has 3 aliphatic carbocycles. The second kappa shape index (κ2) is 14.1. The van der Waals surface area contributed by atoms with Gasteiger partial charge in [0.25, 0.3) is 0 Å². The molecular weight excluding hydrogens is 750 g/mol. The first-order valence-corrected chi connectivity index (χ1v) is 22.0. The number of aliphatic hydroxyl groups excluding tert-OH is 1. The molecule has 9 nitrogen and oxygen atoms in total. The van der Waals surface area contributed by atoms with E-state index in [0.717, 1.165) is 64.4 Å². The maximum absolute atomic E-state index is 15.4. The Kier molecular flexibility index (Phi) is 9.92. The summed E-state index contributed by atoms with van der Waals surface area (Å²) in [6.45, 7) is 7.47. The monoisotopic (exact) mass is 800 g/mol. The maximum atomic E-state index is 15.4. The average molecular weight is 801 g/mol. The van der Waals surface area contributed by atoms with Crippen molar-refractivity contribution in [3.05, 3.63) is 65.7 Å². The van der Waals surface area contributed by atoms with Gasteiger partial charge in [-0.2, -0.15) is 0 Å². The van der Waals surface area contributed by atoms with E-state index in [4.69, 9.17) is 7.80 Å². The van der Waals surface area contributed by atoms with Crippen molar-refractivity contribution in [2.45, 2.75) is 89.7 Å². The van der Waals surface area contributed by atoms with Crippen LogP contribution in [0.1, 0.15) is 82.4 Å². The first-order chi connectivity index (χ1) is 24.0. The summed E-state index contributed by atoms with van der Waals surface area (Å²) in [5.41, 5.74) is 4.60.